The van der Waals surface area contributed by atoms with Crippen LogP contribution in [0, 0.1) is 0 Å². The van der Waals surface area contributed by atoms with Crippen molar-refractivity contribution < 1.29 is 19.4 Å². The summed E-state index contributed by atoms with van der Waals surface area (Å²) < 4.78 is 6.72. The molecule has 116 valence electrons. The number of amides is 1. The highest BCUT2D eigenvalue weighted by molar-refractivity contribution is 5.94. The molecule has 0 aliphatic carbocycles. The number of rotatable bonds is 6. The van der Waals surface area contributed by atoms with Gasteiger partial charge in [0.25, 0.3) is 5.91 Å². The molecule has 1 aromatic carbocycles. The predicted molar refractivity (Wildman–Crippen MR) is 78.7 cm³/mol. The Hall–Kier alpha value is -2.83. The van der Waals surface area contributed by atoms with E-state index in [4.69, 9.17) is 9.84 Å². The van der Waals surface area contributed by atoms with Gasteiger partial charge in [-0.3, -0.25) is 14.3 Å². The van der Waals surface area contributed by atoms with E-state index < -0.39 is 5.97 Å². The number of benzene rings is 1. The number of hydrogen-bond donors (Lipinski definition) is 2. The molecule has 0 bridgehead atoms. The van der Waals surface area contributed by atoms with E-state index in [0.717, 1.165) is 5.56 Å². The molecular weight excluding hydrogens is 286 g/mol. The van der Waals surface area contributed by atoms with Crippen LogP contribution in [0.3, 0.4) is 0 Å². The summed E-state index contributed by atoms with van der Waals surface area (Å²) in [5, 5.41) is 15.7. The normalized spacial score (nSPS) is 10.3. The lowest BCUT2D eigenvalue weighted by molar-refractivity contribution is -0.136. The van der Waals surface area contributed by atoms with Crippen LogP contribution in [0.1, 0.15) is 21.5 Å². The van der Waals surface area contributed by atoms with Gasteiger partial charge in [0.1, 0.15) is 0 Å². The first-order chi connectivity index (χ1) is 10.5. The average Bonchev–Trinajstić information content (AvgIpc) is 2.84. The zero-order valence-electron chi connectivity index (χ0n) is 12.4. The van der Waals surface area contributed by atoms with Gasteiger partial charge in [0.05, 0.1) is 25.6 Å². The third kappa shape index (κ3) is 3.85. The largest absolute Gasteiger partial charge is 0.481 e. The van der Waals surface area contributed by atoms with Gasteiger partial charge in [0.2, 0.25) is 5.88 Å². The molecule has 0 aliphatic rings. The molecule has 0 fully saturated rings. The number of ether oxygens (including phenoxy) is 1. The zero-order chi connectivity index (χ0) is 16.1. The highest BCUT2D eigenvalue weighted by atomic mass is 16.5. The topological polar surface area (TPSA) is 93.5 Å². The summed E-state index contributed by atoms with van der Waals surface area (Å²) in [6.07, 6.45) is 1.65. The molecule has 2 aromatic rings. The first kappa shape index (κ1) is 15.6. The van der Waals surface area contributed by atoms with E-state index in [0.29, 0.717) is 17.0 Å². The Balaban J connectivity index is 2.04. The van der Waals surface area contributed by atoms with Crippen LogP contribution in [0.2, 0.25) is 0 Å². The Bertz CT molecular complexity index is 694. The Morgan fingerprint density at radius 3 is 2.86 bits per heavy atom. The first-order valence-electron chi connectivity index (χ1n) is 6.65. The maximum absolute atomic E-state index is 12.1. The molecule has 0 atom stereocenters. The monoisotopic (exact) mass is 303 g/mol. The minimum absolute atomic E-state index is 0.114. The molecule has 1 heterocycles. The lowest BCUT2D eigenvalue weighted by atomic mass is 10.1. The SMILES string of the molecule is COc1nn(C)cc1CNC(=O)c1cccc(CC(=O)O)c1. The van der Waals surface area contributed by atoms with Crippen LogP contribution in [0.5, 0.6) is 5.88 Å². The summed E-state index contributed by atoms with van der Waals surface area (Å²) >= 11 is 0. The molecule has 0 spiro atoms. The molecule has 2 N–H and O–H groups in total. The number of methoxy groups -OCH3 is 1. The maximum Gasteiger partial charge on any atom is 0.307 e. The summed E-state index contributed by atoms with van der Waals surface area (Å²) in [6, 6.07) is 6.55. The highest BCUT2D eigenvalue weighted by Gasteiger charge is 2.11. The Morgan fingerprint density at radius 1 is 1.41 bits per heavy atom. The number of nitrogens with zero attached hydrogens (tertiary/aromatic N) is 2. The van der Waals surface area contributed by atoms with Gasteiger partial charge >= 0.3 is 5.97 Å². The number of hydrogen-bond acceptors (Lipinski definition) is 4. The van der Waals surface area contributed by atoms with Gasteiger partial charge in [0.15, 0.2) is 0 Å². The summed E-state index contributed by atoms with van der Waals surface area (Å²) in [4.78, 5) is 22.8. The molecule has 0 aliphatic heterocycles. The third-order valence-corrected chi connectivity index (χ3v) is 3.04. The quantitative estimate of drug-likeness (QED) is 0.830. The van der Waals surface area contributed by atoms with Crippen molar-refractivity contribution in [1.29, 1.82) is 0 Å². The van der Waals surface area contributed by atoms with Gasteiger partial charge in [-0.2, -0.15) is 0 Å². The molecule has 1 amide bonds. The van der Waals surface area contributed by atoms with Gasteiger partial charge in [-0.25, -0.2) is 0 Å². The van der Waals surface area contributed by atoms with Crippen molar-refractivity contribution in [2.75, 3.05) is 7.11 Å². The molecule has 2 rings (SSSR count). The summed E-state index contributed by atoms with van der Waals surface area (Å²) in [5.41, 5.74) is 1.76. The summed E-state index contributed by atoms with van der Waals surface area (Å²) in [7, 11) is 3.28. The van der Waals surface area contributed by atoms with E-state index in [2.05, 4.69) is 10.4 Å². The predicted octanol–water partition coefficient (Wildman–Crippen LogP) is 0.986. The van der Waals surface area contributed by atoms with Gasteiger partial charge in [-0.15, -0.1) is 5.10 Å². The summed E-state index contributed by atoms with van der Waals surface area (Å²) in [6.45, 7) is 0.277. The van der Waals surface area contributed by atoms with Crippen LogP contribution in [-0.2, 0) is 24.8 Å². The van der Waals surface area contributed by atoms with Crippen molar-refractivity contribution in [2.45, 2.75) is 13.0 Å². The van der Waals surface area contributed by atoms with E-state index in [1.807, 2.05) is 0 Å². The standard InChI is InChI=1S/C15H17N3O4/c1-18-9-12(15(17-18)22-2)8-16-14(21)11-5-3-4-10(6-11)7-13(19)20/h3-6,9H,7-8H2,1-2H3,(H,16,21)(H,19,20). The van der Waals surface area contributed by atoms with Crippen molar-refractivity contribution in [1.82, 2.24) is 15.1 Å². The fraction of sp³-hybridized carbons (Fsp3) is 0.267. The molecule has 0 saturated heterocycles. The molecule has 0 unspecified atom stereocenters. The van der Waals surface area contributed by atoms with Gasteiger partial charge in [-0.05, 0) is 17.7 Å². The number of carbonyl (C=O) groups is 2. The minimum Gasteiger partial charge on any atom is -0.481 e. The molecule has 7 nitrogen and oxygen atoms in total. The number of aryl methyl sites for hydroxylation is 1. The van der Waals surface area contributed by atoms with Crippen LogP contribution in [0.15, 0.2) is 30.5 Å². The molecule has 7 heteroatoms. The van der Waals surface area contributed by atoms with Crippen LogP contribution in [0.4, 0.5) is 0 Å². The third-order valence-electron chi connectivity index (χ3n) is 3.04. The number of carbonyl (C=O) groups excluding carboxylic acids is 1. The van der Waals surface area contributed by atoms with Crippen molar-refractivity contribution in [2.24, 2.45) is 7.05 Å². The maximum atomic E-state index is 12.1. The second-order valence-electron chi connectivity index (χ2n) is 4.79. The second-order valence-corrected chi connectivity index (χ2v) is 4.79. The van der Waals surface area contributed by atoms with E-state index in [-0.39, 0.29) is 18.9 Å². The molecule has 1 aromatic heterocycles. The Kier molecular flexibility index (Phi) is 4.77. The Labute approximate surface area is 127 Å². The van der Waals surface area contributed by atoms with Crippen LogP contribution in [-0.4, -0.2) is 33.9 Å². The fourth-order valence-electron chi connectivity index (χ4n) is 2.08. The van der Waals surface area contributed by atoms with Crippen LogP contribution >= 0.6 is 0 Å². The molecular formula is C15H17N3O4. The number of nitrogens with one attached hydrogen (secondary N) is 1. The molecule has 22 heavy (non-hydrogen) atoms. The number of carboxylic acids is 1. The number of aliphatic carboxylic acids is 1. The van der Waals surface area contributed by atoms with Crippen molar-refractivity contribution in [3.8, 4) is 5.88 Å². The second kappa shape index (κ2) is 6.75. The van der Waals surface area contributed by atoms with Gasteiger partial charge in [-0.1, -0.05) is 12.1 Å². The van der Waals surface area contributed by atoms with E-state index in [1.165, 1.54) is 7.11 Å². The van der Waals surface area contributed by atoms with Gasteiger partial charge < -0.3 is 15.2 Å². The minimum atomic E-state index is -0.933. The lowest BCUT2D eigenvalue weighted by Crippen LogP contribution is -2.23. The average molecular weight is 303 g/mol. The molecule has 0 saturated carbocycles. The smallest absolute Gasteiger partial charge is 0.307 e. The summed E-state index contributed by atoms with van der Waals surface area (Å²) in [5.74, 6) is -0.752. The van der Waals surface area contributed by atoms with Crippen LogP contribution < -0.4 is 10.1 Å². The first-order valence-corrected chi connectivity index (χ1v) is 6.65. The lowest BCUT2D eigenvalue weighted by Gasteiger charge is -2.06. The van der Waals surface area contributed by atoms with Crippen molar-refractivity contribution in [3.63, 3.8) is 0 Å². The highest BCUT2D eigenvalue weighted by Crippen LogP contribution is 2.14. The number of aromatic nitrogens is 2. The Morgan fingerprint density at radius 2 is 2.18 bits per heavy atom. The van der Waals surface area contributed by atoms with E-state index in [9.17, 15) is 9.59 Å². The van der Waals surface area contributed by atoms with E-state index in [1.54, 1.807) is 42.2 Å². The number of carboxylic acid groups (broad SMARTS) is 1. The van der Waals surface area contributed by atoms with Crippen molar-refractivity contribution >= 4 is 11.9 Å². The van der Waals surface area contributed by atoms with Crippen LogP contribution in [0.25, 0.3) is 0 Å². The zero-order valence-corrected chi connectivity index (χ0v) is 12.4. The fourth-order valence-corrected chi connectivity index (χ4v) is 2.08. The molecule has 0 radical (unpaired) electrons. The van der Waals surface area contributed by atoms with E-state index >= 15 is 0 Å². The van der Waals surface area contributed by atoms with Crippen molar-refractivity contribution in [3.05, 3.63) is 47.2 Å². The van der Waals surface area contributed by atoms with Gasteiger partial charge in [0, 0.05) is 18.8 Å².